The Morgan fingerprint density at radius 2 is 1.87 bits per heavy atom. The standard InChI is InChI=1S/C29H45N3O8.C3H6O2/c1-16(2)22-20(26(32-31-22)40-27-25(36)24(35)23(34)21(15-33)39-27)14-18-9-10-19(13-17(18)3)38-12-8-6-7-11-29(4,5)28(30)37;1-2-5-3-4/h9-10,13,16,21,23-25,27,33-36H,6-8,11-12,14-15H2,1-5H3,(H2,30,37)(H,31,32);3H,2H2,1H3/t21?,23-,24-,25?,27+;/m1./s1. The van der Waals surface area contributed by atoms with Crippen molar-refractivity contribution < 1.29 is 49.0 Å². The number of aromatic nitrogens is 2. The number of hydrogen-bond donors (Lipinski definition) is 6. The normalized spacial score (nSPS) is 21.5. The largest absolute Gasteiger partial charge is 0.494 e. The van der Waals surface area contributed by atoms with E-state index in [1.807, 2.05) is 52.8 Å². The molecule has 7 N–H and O–H groups in total. The molecule has 0 saturated carbocycles. The van der Waals surface area contributed by atoms with Gasteiger partial charge in [0.15, 0.2) is 0 Å². The first kappa shape index (κ1) is 38.0. The molecule has 5 atom stereocenters. The van der Waals surface area contributed by atoms with Crippen LogP contribution < -0.4 is 15.2 Å². The number of aliphatic hydroxyl groups is 4. The van der Waals surface area contributed by atoms with E-state index in [1.54, 1.807) is 6.92 Å². The summed E-state index contributed by atoms with van der Waals surface area (Å²) in [6.07, 6.45) is -2.97. The van der Waals surface area contributed by atoms with Gasteiger partial charge in [0.1, 0.15) is 30.2 Å². The topological polar surface area (TPSA) is 207 Å². The molecule has 13 heteroatoms. The molecule has 254 valence electrons. The summed E-state index contributed by atoms with van der Waals surface area (Å²) in [6, 6.07) is 5.90. The first-order valence-electron chi connectivity index (χ1n) is 15.4. The molecular formula is C32H51N3O10. The van der Waals surface area contributed by atoms with Gasteiger partial charge >= 0.3 is 0 Å². The molecule has 0 aliphatic carbocycles. The number of carbonyl (C=O) groups excluding carboxylic acids is 2. The van der Waals surface area contributed by atoms with Crippen LogP contribution in [0.5, 0.6) is 11.6 Å². The summed E-state index contributed by atoms with van der Waals surface area (Å²) in [5.41, 5.74) is 8.64. The van der Waals surface area contributed by atoms with Gasteiger partial charge in [0.25, 0.3) is 6.47 Å². The number of primary amides is 1. The van der Waals surface area contributed by atoms with Crippen molar-refractivity contribution in [1.82, 2.24) is 10.2 Å². The van der Waals surface area contributed by atoms with E-state index in [1.165, 1.54) is 0 Å². The molecular weight excluding hydrogens is 586 g/mol. The number of aliphatic hydroxyl groups excluding tert-OH is 4. The fourth-order valence-corrected chi connectivity index (χ4v) is 4.76. The molecule has 1 aliphatic rings. The molecule has 1 aliphatic heterocycles. The van der Waals surface area contributed by atoms with E-state index in [2.05, 4.69) is 14.9 Å². The lowest BCUT2D eigenvalue weighted by Gasteiger charge is -2.39. The molecule has 3 rings (SSSR count). The Balaban J connectivity index is 0.00000130. The second-order valence-electron chi connectivity index (χ2n) is 12.1. The predicted molar refractivity (Wildman–Crippen MR) is 166 cm³/mol. The van der Waals surface area contributed by atoms with Crippen molar-refractivity contribution in [2.75, 3.05) is 19.8 Å². The van der Waals surface area contributed by atoms with E-state index < -0.39 is 42.7 Å². The Labute approximate surface area is 265 Å². The maximum atomic E-state index is 11.4. The molecule has 1 aromatic heterocycles. The van der Waals surface area contributed by atoms with E-state index in [-0.39, 0.29) is 17.7 Å². The van der Waals surface area contributed by atoms with Gasteiger partial charge in [0.2, 0.25) is 18.1 Å². The van der Waals surface area contributed by atoms with E-state index in [0.717, 1.165) is 53.8 Å². The fraction of sp³-hybridized carbons (Fsp3) is 0.656. The Morgan fingerprint density at radius 1 is 1.16 bits per heavy atom. The van der Waals surface area contributed by atoms with Crippen molar-refractivity contribution in [2.45, 2.75) is 110 Å². The zero-order valence-electron chi connectivity index (χ0n) is 27.2. The van der Waals surface area contributed by atoms with Gasteiger partial charge in [0.05, 0.1) is 19.8 Å². The van der Waals surface area contributed by atoms with E-state index >= 15 is 0 Å². The van der Waals surface area contributed by atoms with Crippen LogP contribution in [0, 0.1) is 12.3 Å². The van der Waals surface area contributed by atoms with Crippen LogP contribution in [0.3, 0.4) is 0 Å². The number of nitrogens with zero attached hydrogens (tertiary/aromatic N) is 1. The molecule has 2 aromatic rings. The molecule has 1 fully saturated rings. The molecule has 1 saturated heterocycles. The molecule has 0 spiro atoms. The monoisotopic (exact) mass is 637 g/mol. The molecule has 2 unspecified atom stereocenters. The number of nitrogens with two attached hydrogens (primary N) is 1. The number of carbonyl (C=O) groups is 2. The zero-order chi connectivity index (χ0) is 33.7. The van der Waals surface area contributed by atoms with Crippen LogP contribution in [0.4, 0.5) is 0 Å². The lowest BCUT2D eigenvalue weighted by molar-refractivity contribution is -0.278. The number of amides is 1. The van der Waals surface area contributed by atoms with Crippen molar-refractivity contribution in [3.8, 4) is 11.6 Å². The van der Waals surface area contributed by atoms with Crippen molar-refractivity contribution in [3.05, 3.63) is 40.6 Å². The van der Waals surface area contributed by atoms with Gasteiger partial charge in [-0.2, -0.15) is 0 Å². The summed E-state index contributed by atoms with van der Waals surface area (Å²) in [5, 5.41) is 47.4. The lowest BCUT2D eigenvalue weighted by atomic mass is 9.86. The number of aryl methyl sites for hydroxylation is 1. The van der Waals surface area contributed by atoms with E-state index in [4.69, 9.17) is 19.9 Å². The maximum absolute atomic E-state index is 11.4. The molecule has 1 aromatic carbocycles. The van der Waals surface area contributed by atoms with Gasteiger partial charge in [-0.3, -0.25) is 14.7 Å². The third-order valence-electron chi connectivity index (χ3n) is 7.81. The summed E-state index contributed by atoms with van der Waals surface area (Å²) in [5.74, 6) is 0.814. The number of H-pyrrole nitrogens is 1. The number of benzene rings is 1. The van der Waals surface area contributed by atoms with Crippen molar-refractivity contribution in [2.24, 2.45) is 11.1 Å². The summed E-state index contributed by atoms with van der Waals surface area (Å²) < 4.78 is 21.5. The highest BCUT2D eigenvalue weighted by Crippen LogP contribution is 2.32. The summed E-state index contributed by atoms with van der Waals surface area (Å²) in [7, 11) is 0. The zero-order valence-corrected chi connectivity index (χ0v) is 27.2. The Bertz CT molecular complexity index is 1200. The third kappa shape index (κ3) is 11.0. The number of hydrogen-bond acceptors (Lipinski definition) is 11. The Hall–Kier alpha value is -3.23. The highest BCUT2D eigenvalue weighted by atomic mass is 16.7. The molecule has 1 amide bonds. The summed E-state index contributed by atoms with van der Waals surface area (Å²) in [6.45, 7) is 12.5. The van der Waals surface area contributed by atoms with Crippen LogP contribution in [-0.4, -0.2) is 93.5 Å². The molecule has 45 heavy (non-hydrogen) atoms. The first-order valence-corrected chi connectivity index (χ1v) is 15.4. The quantitative estimate of drug-likeness (QED) is 0.116. The second kappa shape index (κ2) is 18.1. The number of nitrogens with one attached hydrogen (secondary N) is 1. The summed E-state index contributed by atoms with van der Waals surface area (Å²) >= 11 is 0. The highest BCUT2D eigenvalue weighted by Gasteiger charge is 2.45. The first-order chi connectivity index (χ1) is 21.3. The van der Waals surface area contributed by atoms with Crippen molar-refractivity contribution in [1.29, 1.82) is 0 Å². The van der Waals surface area contributed by atoms with Gasteiger partial charge in [-0.25, -0.2) is 0 Å². The van der Waals surface area contributed by atoms with E-state index in [9.17, 15) is 30.0 Å². The predicted octanol–water partition coefficient (Wildman–Crippen LogP) is 2.24. The van der Waals surface area contributed by atoms with Crippen LogP contribution >= 0.6 is 0 Å². The van der Waals surface area contributed by atoms with Crippen LogP contribution in [0.25, 0.3) is 0 Å². The molecule has 2 heterocycles. The van der Waals surface area contributed by atoms with Gasteiger partial charge in [-0.15, -0.1) is 5.10 Å². The molecule has 0 bridgehead atoms. The molecule has 0 radical (unpaired) electrons. The van der Waals surface area contributed by atoms with Gasteiger partial charge < -0.3 is 45.1 Å². The average Bonchev–Trinajstić information content (AvgIpc) is 3.39. The van der Waals surface area contributed by atoms with Crippen LogP contribution in [0.15, 0.2) is 18.2 Å². The maximum Gasteiger partial charge on any atom is 0.293 e. The van der Waals surface area contributed by atoms with Crippen molar-refractivity contribution in [3.63, 3.8) is 0 Å². The number of rotatable bonds is 16. The minimum Gasteiger partial charge on any atom is -0.494 e. The van der Waals surface area contributed by atoms with Crippen molar-refractivity contribution >= 4 is 12.4 Å². The lowest BCUT2D eigenvalue weighted by Crippen LogP contribution is -2.60. The minimum absolute atomic E-state index is 0.103. The Morgan fingerprint density at radius 3 is 2.42 bits per heavy atom. The average molecular weight is 638 g/mol. The number of ether oxygens (including phenoxy) is 4. The SMILES string of the molecule is CCOC=O.Cc1cc(OCCCCCC(C)(C)C(N)=O)ccc1Cc1c(O[C@@H]2OC(CO)[C@@H](O)[C@@H](O)C2O)n[nH]c1C(C)C. The Kier molecular flexibility index (Phi) is 15.2. The smallest absolute Gasteiger partial charge is 0.293 e. The molecule has 13 nitrogen and oxygen atoms in total. The fourth-order valence-electron chi connectivity index (χ4n) is 4.76. The van der Waals surface area contributed by atoms with E-state index in [0.29, 0.717) is 26.1 Å². The van der Waals surface area contributed by atoms with Crippen LogP contribution in [-0.2, 0) is 25.5 Å². The third-order valence-corrected chi connectivity index (χ3v) is 7.81. The number of aromatic amines is 1. The van der Waals surface area contributed by atoms with Gasteiger partial charge in [-0.1, -0.05) is 46.6 Å². The number of unbranched alkanes of at least 4 members (excludes halogenated alkanes) is 2. The summed E-state index contributed by atoms with van der Waals surface area (Å²) in [4.78, 5) is 20.6. The van der Waals surface area contributed by atoms with Gasteiger partial charge in [-0.05, 0) is 55.9 Å². The second-order valence-corrected chi connectivity index (χ2v) is 12.1. The minimum atomic E-state index is -1.54. The highest BCUT2D eigenvalue weighted by molar-refractivity contribution is 5.79. The van der Waals surface area contributed by atoms with Crippen LogP contribution in [0.2, 0.25) is 0 Å². The van der Waals surface area contributed by atoms with Gasteiger partial charge in [0, 0.05) is 23.1 Å². The van der Waals surface area contributed by atoms with Crippen LogP contribution in [0.1, 0.15) is 88.6 Å².